The van der Waals surface area contributed by atoms with E-state index in [1.165, 1.54) is 25.0 Å². The molecule has 0 N–H and O–H groups in total. The van der Waals surface area contributed by atoms with Gasteiger partial charge in [0.15, 0.2) is 0 Å². The van der Waals surface area contributed by atoms with Crippen LogP contribution in [0.1, 0.15) is 18.4 Å². The van der Waals surface area contributed by atoms with Gasteiger partial charge in [0.05, 0.1) is 19.8 Å². The fourth-order valence-electron chi connectivity index (χ4n) is 2.72. The predicted molar refractivity (Wildman–Crippen MR) is 70.7 cm³/mol. The second-order valence-electron chi connectivity index (χ2n) is 5.44. The normalized spacial score (nSPS) is 24.4. The second kappa shape index (κ2) is 5.47. The zero-order chi connectivity index (χ0) is 13.2. The standard InChI is InChI=1S/C15H20FNO2/c1-18-14-8-13(16)5-4-12(14)9-17-6-7-19-15(10-17)11-2-3-11/h4-5,8,11,15H,2-3,6-7,9-10H2,1H3/t15-/m1/s1. The molecule has 1 aliphatic heterocycles. The van der Waals surface area contributed by atoms with E-state index in [1.54, 1.807) is 7.11 Å². The highest BCUT2D eigenvalue weighted by Crippen LogP contribution is 2.36. The second-order valence-corrected chi connectivity index (χ2v) is 5.44. The molecule has 3 nitrogen and oxygen atoms in total. The minimum atomic E-state index is -0.251. The summed E-state index contributed by atoms with van der Waals surface area (Å²) in [6.45, 7) is 3.51. The van der Waals surface area contributed by atoms with Gasteiger partial charge in [0.2, 0.25) is 0 Å². The van der Waals surface area contributed by atoms with Gasteiger partial charge in [0.25, 0.3) is 0 Å². The molecule has 0 unspecified atom stereocenters. The largest absolute Gasteiger partial charge is 0.496 e. The van der Waals surface area contributed by atoms with E-state index in [1.807, 2.05) is 6.07 Å². The third kappa shape index (κ3) is 3.07. The Morgan fingerprint density at radius 1 is 1.42 bits per heavy atom. The lowest BCUT2D eigenvalue weighted by molar-refractivity contribution is -0.0420. The van der Waals surface area contributed by atoms with Gasteiger partial charge < -0.3 is 9.47 Å². The first kappa shape index (κ1) is 12.9. The van der Waals surface area contributed by atoms with Gasteiger partial charge in [-0.1, -0.05) is 6.07 Å². The van der Waals surface area contributed by atoms with E-state index in [0.717, 1.165) is 37.7 Å². The zero-order valence-electron chi connectivity index (χ0n) is 11.3. The molecule has 1 heterocycles. The molecule has 1 saturated carbocycles. The number of ether oxygens (including phenoxy) is 2. The quantitative estimate of drug-likeness (QED) is 0.834. The summed E-state index contributed by atoms with van der Waals surface area (Å²) in [7, 11) is 1.59. The number of rotatable bonds is 4. The van der Waals surface area contributed by atoms with Gasteiger partial charge >= 0.3 is 0 Å². The summed E-state index contributed by atoms with van der Waals surface area (Å²) in [5.74, 6) is 1.14. The number of halogens is 1. The van der Waals surface area contributed by atoms with Crippen LogP contribution in [0.5, 0.6) is 5.75 Å². The predicted octanol–water partition coefficient (Wildman–Crippen LogP) is 2.45. The van der Waals surface area contributed by atoms with Crippen molar-refractivity contribution in [2.24, 2.45) is 5.92 Å². The monoisotopic (exact) mass is 265 g/mol. The van der Waals surface area contributed by atoms with E-state index >= 15 is 0 Å². The Morgan fingerprint density at radius 3 is 3.00 bits per heavy atom. The molecule has 3 rings (SSSR count). The molecule has 1 atom stereocenters. The summed E-state index contributed by atoms with van der Waals surface area (Å²) in [6.07, 6.45) is 3.00. The van der Waals surface area contributed by atoms with Crippen molar-refractivity contribution in [3.8, 4) is 5.75 Å². The molecule has 104 valence electrons. The number of morpholine rings is 1. The highest BCUT2D eigenvalue weighted by Gasteiger charge is 2.35. The summed E-state index contributed by atoms with van der Waals surface area (Å²) in [4.78, 5) is 2.38. The fourth-order valence-corrected chi connectivity index (χ4v) is 2.72. The highest BCUT2D eigenvalue weighted by molar-refractivity contribution is 5.33. The molecule has 1 saturated heterocycles. The van der Waals surface area contributed by atoms with Gasteiger partial charge in [-0.3, -0.25) is 4.90 Å². The Balaban J connectivity index is 1.66. The number of hydrogen-bond donors (Lipinski definition) is 0. The topological polar surface area (TPSA) is 21.7 Å². The number of nitrogens with zero attached hydrogens (tertiary/aromatic N) is 1. The van der Waals surface area contributed by atoms with Gasteiger partial charge in [0.1, 0.15) is 11.6 Å². The van der Waals surface area contributed by atoms with Gasteiger partial charge in [-0.05, 0) is 24.8 Å². The Bertz CT molecular complexity index is 448. The van der Waals surface area contributed by atoms with E-state index < -0.39 is 0 Å². The van der Waals surface area contributed by atoms with E-state index in [9.17, 15) is 4.39 Å². The van der Waals surface area contributed by atoms with Gasteiger partial charge in [-0.2, -0.15) is 0 Å². The van der Waals surface area contributed by atoms with Crippen LogP contribution >= 0.6 is 0 Å². The molecule has 1 aromatic carbocycles. The van der Waals surface area contributed by atoms with Gasteiger partial charge in [0, 0.05) is 31.3 Å². The number of benzene rings is 1. The molecule has 0 radical (unpaired) electrons. The smallest absolute Gasteiger partial charge is 0.126 e. The Labute approximate surface area is 113 Å². The third-order valence-electron chi connectivity index (χ3n) is 3.97. The lowest BCUT2D eigenvalue weighted by atomic mass is 10.1. The van der Waals surface area contributed by atoms with E-state index in [2.05, 4.69) is 4.90 Å². The van der Waals surface area contributed by atoms with Crippen molar-refractivity contribution in [3.05, 3.63) is 29.6 Å². The van der Waals surface area contributed by atoms with E-state index in [-0.39, 0.29) is 5.82 Å². The Morgan fingerprint density at radius 2 is 2.26 bits per heavy atom. The molecule has 1 aromatic rings. The lowest BCUT2D eigenvalue weighted by Crippen LogP contribution is -2.42. The van der Waals surface area contributed by atoms with Crippen molar-refractivity contribution in [1.82, 2.24) is 4.90 Å². The minimum absolute atomic E-state index is 0.251. The molecule has 2 aliphatic rings. The molecule has 0 amide bonds. The van der Waals surface area contributed by atoms with Crippen LogP contribution in [0, 0.1) is 11.7 Å². The fraction of sp³-hybridized carbons (Fsp3) is 0.600. The van der Waals surface area contributed by atoms with Crippen LogP contribution in [0.4, 0.5) is 4.39 Å². The number of hydrogen-bond acceptors (Lipinski definition) is 3. The third-order valence-corrected chi connectivity index (χ3v) is 3.97. The highest BCUT2D eigenvalue weighted by atomic mass is 19.1. The molecule has 1 aliphatic carbocycles. The van der Waals surface area contributed by atoms with Crippen LogP contribution < -0.4 is 4.74 Å². The average molecular weight is 265 g/mol. The summed E-state index contributed by atoms with van der Waals surface area (Å²) in [5.41, 5.74) is 1.04. The summed E-state index contributed by atoms with van der Waals surface area (Å²) in [5, 5.41) is 0. The average Bonchev–Trinajstić information content (AvgIpc) is 3.25. The molecule has 2 fully saturated rings. The van der Waals surface area contributed by atoms with Crippen LogP contribution in [-0.2, 0) is 11.3 Å². The minimum Gasteiger partial charge on any atom is -0.496 e. The Hall–Kier alpha value is -1.13. The molecular weight excluding hydrogens is 245 g/mol. The SMILES string of the molecule is COc1cc(F)ccc1CN1CCO[C@@H](C2CC2)C1. The maximum absolute atomic E-state index is 13.2. The first-order chi connectivity index (χ1) is 9.26. The van der Waals surface area contributed by atoms with Crippen LogP contribution in [0.3, 0.4) is 0 Å². The molecule has 0 bridgehead atoms. The first-order valence-corrected chi connectivity index (χ1v) is 6.92. The van der Waals surface area contributed by atoms with Crippen LogP contribution in [-0.4, -0.2) is 37.8 Å². The van der Waals surface area contributed by atoms with Crippen molar-refractivity contribution in [1.29, 1.82) is 0 Å². The molecule has 0 spiro atoms. The van der Waals surface area contributed by atoms with Crippen molar-refractivity contribution in [2.45, 2.75) is 25.5 Å². The van der Waals surface area contributed by atoms with Crippen LogP contribution in [0.25, 0.3) is 0 Å². The van der Waals surface area contributed by atoms with E-state index in [4.69, 9.17) is 9.47 Å². The van der Waals surface area contributed by atoms with Crippen molar-refractivity contribution in [3.63, 3.8) is 0 Å². The summed E-state index contributed by atoms with van der Waals surface area (Å²) in [6, 6.07) is 4.76. The Kier molecular flexibility index (Phi) is 3.71. The maximum atomic E-state index is 13.2. The maximum Gasteiger partial charge on any atom is 0.126 e. The molecular formula is C15H20FNO2. The summed E-state index contributed by atoms with van der Waals surface area (Å²) >= 11 is 0. The number of methoxy groups -OCH3 is 1. The molecule has 0 aromatic heterocycles. The van der Waals surface area contributed by atoms with Crippen molar-refractivity contribution < 1.29 is 13.9 Å². The van der Waals surface area contributed by atoms with Crippen LogP contribution in [0.15, 0.2) is 18.2 Å². The van der Waals surface area contributed by atoms with Crippen molar-refractivity contribution in [2.75, 3.05) is 26.8 Å². The van der Waals surface area contributed by atoms with Crippen LogP contribution in [0.2, 0.25) is 0 Å². The van der Waals surface area contributed by atoms with Gasteiger partial charge in [-0.15, -0.1) is 0 Å². The molecule has 19 heavy (non-hydrogen) atoms. The summed E-state index contributed by atoms with van der Waals surface area (Å²) < 4.78 is 24.2. The molecule has 4 heteroatoms. The zero-order valence-corrected chi connectivity index (χ0v) is 11.3. The van der Waals surface area contributed by atoms with Gasteiger partial charge in [-0.25, -0.2) is 4.39 Å². The van der Waals surface area contributed by atoms with E-state index in [0.29, 0.717) is 11.9 Å². The van der Waals surface area contributed by atoms with Crippen molar-refractivity contribution >= 4 is 0 Å². The first-order valence-electron chi connectivity index (χ1n) is 6.92. The lowest BCUT2D eigenvalue weighted by Gasteiger charge is -2.33.